The molecule has 0 fully saturated rings. The van der Waals surface area contributed by atoms with Gasteiger partial charge in [0.15, 0.2) is 0 Å². The minimum absolute atomic E-state index is 0.729. The Labute approximate surface area is 47.9 Å². The normalized spacial score (nSPS) is 11.4. The van der Waals surface area contributed by atoms with Crippen LogP contribution in [0.25, 0.3) is 0 Å². The fourth-order valence-corrected chi connectivity index (χ4v) is 0.483. The van der Waals surface area contributed by atoms with Gasteiger partial charge in [-0.1, -0.05) is 0 Å². The van der Waals surface area contributed by atoms with Crippen LogP contribution in [0.2, 0.25) is 0 Å². The first-order valence-electron chi connectivity index (χ1n) is 1.85. The average molecular weight is 116 g/mol. The lowest BCUT2D eigenvalue weighted by atomic mass is 10.7. The van der Waals surface area contributed by atoms with Gasteiger partial charge in [0.05, 0.1) is 0 Å². The van der Waals surface area contributed by atoms with Crippen molar-refractivity contribution in [1.29, 1.82) is 0 Å². The molecule has 0 saturated carbocycles. The van der Waals surface area contributed by atoms with E-state index >= 15 is 0 Å². The second kappa shape index (κ2) is 3.87. The molecule has 0 radical (unpaired) electrons. The third kappa shape index (κ3) is 3.52. The van der Waals surface area contributed by atoms with E-state index in [0.717, 1.165) is 5.84 Å². The molecule has 0 saturated heterocycles. The van der Waals surface area contributed by atoms with Crippen LogP contribution in [0.5, 0.6) is 0 Å². The van der Waals surface area contributed by atoms with Gasteiger partial charge in [-0.15, -0.1) is 0 Å². The third-order valence-corrected chi connectivity index (χ3v) is 0.899. The van der Waals surface area contributed by atoms with Crippen molar-refractivity contribution in [1.82, 2.24) is 0 Å². The molecule has 0 aliphatic carbocycles. The maximum absolute atomic E-state index is 3.85. The maximum atomic E-state index is 3.85. The molecular weight excluding hydrogens is 108 g/mol. The van der Waals surface area contributed by atoms with Gasteiger partial charge in [0.2, 0.25) is 0 Å². The van der Waals surface area contributed by atoms with Crippen molar-refractivity contribution in [2.24, 2.45) is 9.39 Å². The van der Waals surface area contributed by atoms with Crippen LogP contribution in [0.1, 0.15) is 6.92 Å². The largest absolute Gasteiger partial charge is 0.249 e. The van der Waals surface area contributed by atoms with E-state index in [9.17, 15) is 0 Å². The van der Waals surface area contributed by atoms with Gasteiger partial charge in [0.25, 0.3) is 0 Å². The van der Waals surface area contributed by atoms with E-state index in [-0.39, 0.29) is 0 Å². The van der Waals surface area contributed by atoms with Crippen molar-refractivity contribution < 1.29 is 0 Å². The highest BCUT2D eigenvalue weighted by atomic mass is 32.2. The van der Waals surface area contributed by atoms with E-state index < -0.39 is 0 Å². The quantitative estimate of drug-likeness (QED) is 0.288. The Bertz CT molecular complexity index is 87.7. The van der Waals surface area contributed by atoms with Crippen molar-refractivity contribution in [3.63, 3.8) is 0 Å². The molecule has 7 heavy (non-hydrogen) atoms. The van der Waals surface area contributed by atoms with Crippen LogP contribution in [-0.2, 0) is 0 Å². The first-order chi connectivity index (χ1) is 3.31. The van der Waals surface area contributed by atoms with Crippen molar-refractivity contribution in [3.8, 4) is 0 Å². The minimum atomic E-state index is 0.729. The van der Waals surface area contributed by atoms with Gasteiger partial charge in [-0.05, 0) is 25.6 Å². The molecule has 0 heterocycles. The molecule has 0 atom stereocenters. The number of aliphatic imine (C=N–C) groups is 1. The molecule has 0 aliphatic heterocycles. The standard InChI is InChI=1S/C4H8N2S/c1-4(5-2)6-7-3/h2H2,1,3H3/b6-4-. The Hall–Kier alpha value is -0.310. The van der Waals surface area contributed by atoms with Crippen LogP contribution >= 0.6 is 11.9 Å². The number of hydrogen-bond acceptors (Lipinski definition) is 2. The lowest BCUT2D eigenvalue weighted by Crippen LogP contribution is -1.77. The Balaban J connectivity index is 3.49. The molecule has 0 aliphatic rings. The summed E-state index contributed by atoms with van der Waals surface area (Å²) in [6, 6.07) is 0. The van der Waals surface area contributed by atoms with E-state index in [1.54, 1.807) is 0 Å². The molecule has 0 unspecified atom stereocenters. The summed E-state index contributed by atoms with van der Waals surface area (Å²) in [4.78, 5) is 3.56. The van der Waals surface area contributed by atoms with E-state index in [1.807, 2.05) is 13.2 Å². The Morgan fingerprint density at radius 2 is 2.29 bits per heavy atom. The van der Waals surface area contributed by atoms with Gasteiger partial charge >= 0.3 is 0 Å². The topological polar surface area (TPSA) is 24.7 Å². The molecule has 0 aromatic carbocycles. The SMILES string of the molecule is C=N/C(C)=N\SC. The second-order valence-electron chi connectivity index (χ2n) is 0.979. The zero-order valence-corrected chi connectivity index (χ0v) is 5.33. The summed E-state index contributed by atoms with van der Waals surface area (Å²) in [6.07, 6.45) is 1.88. The highest BCUT2D eigenvalue weighted by Crippen LogP contribution is 1.93. The predicted molar refractivity (Wildman–Crippen MR) is 36.2 cm³/mol. The molecular formula is C4H8N2S. The summed E-state index contributed by atoms with van der Waals surface area (Å²) in [7, 11) is 0. The zero-order valence-electron chi connectivity index (χ0n) is 4.51. The number of nitrogens with zero attached hydrogens (tertiary/aromatic N) is 2. The summed E-state index contributed by atoms with van der Waals surface area (Å²) in [5.74, 6) is 0.729. The van der Waals surface area contributed by atoms with Crippen LogP contribution in [0, 0.1) is 0 Å². The summed E-state index contributed by atoms with van der Waals surface area (Å²) < 4.78 is 3.85. The molecule has 0 aromatic rings. The van der Waals surface area contributed by atoms with E-state index in [2.05, 4.69) is 16.1 Å². The van der Waals surface area contributed by atoms with Gasteiger partial charge in [-0.2, -0.15) is 0 Å². The Kier molecular flexibility index (Phi) is 3.69. The Morgan fingerprint density at radius 1 is 1.71 bits per heavy atom. The minimum Gasteiger partial charge on any atom is -0.249 e. The van der Waals surface area contributed by atoms with Gasteiger partial charge < -0.3 is 0 Å². The summed E-state index contributed by atoms with van der Waals surface area (Å²) in [5.41, 5.74) is 0. The molecule has 0 aromatic heterocycles. The van der Waals surface area contributed by atoms with Crippen LogP contribution in [0.15, 0.2) is 9.39 Å². The van der Waals surface area contributed by atoms with Gasteiger partial charge in [-0.25, -0.2) is 9.39 Å². The molecule has 0 rings (SSSR count). The molecule has 0 spiro atoms. The highest BCUT2D eigenvalue weighted by molar-refractivity contribution is 7.97. The van der Waals surface area contributed by atoms with E-state index in [4.69, 9.17) is 0 Å². The van der Waals surface area contributed by atoms with Gasteiger partial charge in [-0.3, -0.25) is 0 Å². The lowest BCUT2D eigenvalue weighted by Gasteiger charge is -1.81. The van der Waals surface area contributed by atoms with Crippen molar-refractivity contribution in [2.45, 2.75) is 6.92 Å². The smallest absolute Gasteiger partial charge is 0.132 e. The van der Waals surface area contributed by atoms with Crippen LogP contribution in [0.3, 0.4) is 0 Å². The summed E-state index contributed by atoms with van der Waals surface area (Å²) in [5, 5.41) is 0. The first kappa shape index (κ1) is 6.69. The average Bonchev–Trinajstić information content (AvgIpc) is 1.68. The van der Waals surface area contributed by atoms with Crippen molar-refractivity contribution in [2.75, 3.05) is 6.26 Å². The molecule has 3 heteroatoms. The van der Waals surface area contributed by atoms with E-state index in [1.165, 1.54) is 11.9 Å². The molecule has 2 nitrogen and oxygen atoms in total. The molecule has 0 amide bonds. The maximum Gasteiger partial charge on any atom is 0.132 e. The fourth-order valence-electron chi connectivity index (χ4n) is 0.161. The van der Waals surface area contributed by atoms with Crippen LogP contribution < -0.4 is 0 Å². The van der Waals surface area contributed by atoms with Crippen LogP contribution in [0.4, 0.5) is 0 Å². The van der Waals surface area contributed by atoms with E-state index in [0.29, 0.717) is 0 Å². The number of hydrogen-bond donors (Lipinski definition) is 0. The van der Waals surface area contributed by atoms with Gasteiger partial charge in [0, 0.05) is 6.26 Å². The molecule has 40 valence electrons. The number of amidine groups is 1. The number of rotatable bonds is 1. The lowest BCUT2D eigenvalue weighted by molar-refractivity contribution is 1.61. The predicted octanol–water partition coefficient (Wildman–Crippen LogP) is 1.38. The fraction of sp³-hybridized carbons (Fsp3) is 0.500. The van der Waals surface area contributed by atoms with Crippen LogP contribution in [-0.4, -0.2) is 18.8 Å². The zero-order chi connectivity index (χ0) is 5.70. The first-order valence-corrected chi connectivity index (χ1v) is 3.04. The second-order valence-corrected chi connectivity index (χ2v) is 1.53. The molecule has 0 bridgehead atoms. The van der Waals surface area contributed by atoms with Gasteiger partial charge in [0.1, 0.15) is 5.84 Å². The highest BCUT2D eigenvalue weighted by Gasteiger charge is 1.75. The molecule has 0 N–H and O–H groups in total. The van der Waals surface area contributed by atoms with Crippen molar-refractivity contribution >= 4 is 24.5 Å². The van der Waals surface area contributed by atoms with Crippen molar-refractivity contribution in [3.05, 3.63) is 0 Å². The summed E-state index contributed by atoms with van der Waals surface area (Å²) >= 11 is 1.39. The monoisotopic (exact) mass is 116 g/mol. The third-order valence-electron chi connectivity index (χ3n) is 0.452. The Morgan fingerprint density at radius 3 is 2.43 bits per heavy atom. The summed E-state index contributed by atoms with van der Waals surface area (Å²) in [6.45, 7) is 5.09.